The fourth-order valence-electron chi connectivity index (χ4n) is 2.29. The van der Waals surface area contributed by atoms with Crippen LogP contribution in [0.5, 0.6) is 5.88 Å². The number of aromatic nitrogens is 4. The normalized spacial score (nSPS) is 12.0. The van der Waals surface area contributed by atoms with Crippen molar-refractivity contribution in [3.05, 3.63) is 22.4 Å². The number of nitrogens with zero attached hydrogens (tertiary/aromatic N) is 4. The molecule has 134 valence electrons. The van der Waals surface area contributed by atoms with Gasteiger partial charge in [-0.3, -0.25) is 0 Å². The first kappa shape index (κ1) is 18.5. The van der Waals surface area contributed by atoms with E-state index in [2.05, 4.69) is 50.6 Å². The Bertz CT molecular complexity index is 875. The number of methoxy groups -OCH3 is 1. The second kappa shape index (κ2) is 7.53. The van der Waals surface area contributed by atoms with Gasteiger partial charge in [-0.1, -0.05) is 19.6 Å². The van der Waals surface area contributed by atoms with Crippen LogP contribution in [-0.4, -0.2) is 41.5 Å². The molecule has 0 aromatic carbocycles. The number of halogens is 1. The fraction of sp³-hybridized carbons (Fsp3) is 0.438. The monoisotopic (exact) mass is 440 g/mol. The Morgan fingerprint density at radius 2 is 2.12 bits per heavy atom. The van der Waals surface area contributed by atoms with Crippen molar-refractivity contribution in [3.63, 3.8) is 0 Å². The van der Waals surface area contributed by atoms with Gasteiger partial charge in [-0.15, -0.1) is 11.3 Å². The van der Waals surface area contributed by atoms with Gasteiger partial charge in [0.05, 0.1) is 33.7 Å². The molecule has 0 bridgehead atoms. The maximum atomic E-state index is 5.75. The lowest BCUT2D eigenvalue weighted by atomic mass is 10.2. The van der Waals surface area contributed by atoms with Crippen LogP contribution in [0.2, 0.25) is 25.7 Å². The van der Waals surface area contributed by atoms with E-state index in [9.17, 15) is 0 Å². The molecule has 3 rings (SSSR count). The van der Waals surface area contributed by atoms with Gasteiger partial charge in [0.15, 0.2) is 0 Å². The molecule has 0 radical (unpaired) electrons. The third-order valence-corrected chi connectivity index (χ3v) is 7.29. The van der Waals surface area contributed by atoms with Gasteiger partial charge in [-0.05, 0) is 22.0 Å². The molecule has 3 aromatic rings. The number of hydrogen-bond acceptors (Lipinski definition) is 6. The van der Waals surface area contributed by atoms with Crippen molar-refractivity contribution in [2.75, 3.05) is 13.7 Å². The van der Waals surface area contributed by atoms with Crippen LogP contribution in [0.4, 0.5) is 0 Å². The van der Waals surface area contributed by atoms with Crippen molar-refractivity contribution in [1.82, 2.24) is 19.7 Å². The minimum atomic E-state index is -1.07. The molecule has 0 aliphatic rings. The molecule has 9 heteroatoms. The topological polar surface area (TPSA) is 62.1 Å². The standard InChI is InChI=1S/C16H21BrN4O2SSi/c1-22-16-14-15(24-9-18-14)12(17)13(20-16)11-7-19-21(8-11)10-23-5-6-25(2,3)4/h7-9H,5-6,10H2,1-4H3. The first-order valence-corrected chi connectivity index (χ1v) is 13.3. The molecule has 6 nitrogen and oxygen atoms in total. The van der Waals surface area contributed by atoms with Crippen LogP contribution in [0.1, 0.15) is 0 Å². The zero-order valence-electron chi connectivity index (χ0n) is 14.7. The van der Waals surface area contributed by atoms with Gasteiger partial charge in [-0.25, -0.2) is 14.6 Å². The van der Waals surface area contributed by atoms with E-state index in [1.807, 2.05) is 6.20 Å². The lowest BCUT2D eigenvalue weighted by Crippen LogP contribution is -2.22. The molecule has 3 aromatic heterocycles. The van der Waals surface area contributed by atoms with Crippen molar-refractivity contribution < 1.29 is 9.47 Å². The Kier molecular flexibility index (Phi) is 5.57. The van der Waals surface area contributed by atoms with E-state index in [0.29, 0.717) is 12.6 Å². The maximum Gasteiger partial charge on any atom is 0.241 e. The smallest absolute Gasteiger partial charge is 0.241 e. The molecule has 0 saturated carbocycles. The number of thiazole rings is 1. The van der Waals surface area contributed by atoms with E-state index >= 15 is 0 Å². The SMILES string of the molecule is COc1nc(-c2cnn(COCC[Si](C)(C)C)c2)c(Br)c2scnc12. The molecule has 3 heterocycles. The molecule has 0 N–H and O–H groups in total. The molecule has 0 aliphatic carbocycles. The van der Waals surface area contributed by atoms with Crippen LogP contribution in [-0.2, 0) is 11.5 Å². The minimum Gasteiger partial charge on any atom is -0.479 e. The van der Waals surface area contributed by atoms with Gasteiger partial charge in [0.2, 0.25) is 5.88 Å². The molecule has 0 aliphatic heterocycles. The van der Waals surface area contributed by atoms with Crippen molar-refractivity contribution in [2.45, 2.75) is 32.4 Å². The van der Waals surface area contributed by atoms with Crippen molar-refractivity contribution in [2.24, 2.45) is 0 Å². The highest BCUT2D eigenvalue weighted by Crippen LogP contribution is 2.38. The average Bonchev–Trinajstić information content (AvgIpc) is 3.21. The Labute approximate surface area is 160 Å². The first-order chi connectivity index (χ1) is 11.9. The number of ether oxygens (including phenoxy) is 2. The zero-order chi connectivity index (χ0) is 18.0. The highest BCUT2D eigenvalue weighted by molar-refractivity contribution is 9.10. The summed E-state index contributed by atoms with van der Waals surface area (Å²) in [5.74, 6) is 0.522. The van der Waals surface area contributed by atoms with Crippen molar-refractivity contribution in [1.29, 1.82) is 0 Å². The van der Waals surface area contributed by atoms with E-state index in [1.54, 1.807) is 34.8 Å². The maximum absolute atomic E-state index is 5.75. The summed E-state index contributed by atoms with van der Waals surface area (Å²) in [5, 5.41) is 4.38. The Balaban J connectivity index is 1.78. The number of fused-ring (bicyclic) bond motifs is 1. The van der Waals surface area contributed by atoms with E-state index in [0.717, 1.165) is 38.6 Å². The molecule has 0 unspecified atom stereocenters. The van der Waals surface area contributed by atoms with Crippen LogP contribution in [0.3, 0.4) is 0 Å². The molecule has 0 fully saturated rings. The molecule has 0 saturated heterocycles. The average molecular weight is 441 g/mol. The highest BCUT2D eigenvalue weighted by Gasteiger charge is 2.18. The predicted molar refractivity (Wildman–Crippen MR) is 107 cm³/mol. The molecular weight excluding hydrogens is 420 g/mol. The predicted octanol–water partition coefficient (Wildman–Crippen LogP) is 4.64. The van der Waals surface area contributed by atoms with Crippen molar-refractivity contribution in [3.8, 4) is 17.1 Å². The van der Waals surface area contributed by atoms with E-state index in [4.69, 9.17) is 9.47 Å². The summed E-state index contributed by atoms with van der Waals surface area (Å²) in [6, 6.07) is 1.15. The van der Waals surface area contributed by atoms with E-state index in [-0.39, 0.29) is 0 Å². The van der Waals surface area contributed by atoms with Gasteiger partial charge in [-0.2, -0.15) is 5.10 Å². The van der Waals surface area contributed by atoms with Gasteiger partial charge in [0.1, 0.15) is 12.2 Å². The second-order valence-corrected chi connectivity index (χ2v) is 14.2. The molecule has 25 heavy (non-hydrogen) atoms. The fourth-order valence-corrected chi connectivity index (χ4v) is 4.55. The summed E-state index contributed by atoms with van der Waals surface area (Å²) in [6.07, 6.45) is 3.73. The number of hydrogen-bond donors (Lipinski definition) is 0. The number of rotatable bonds is 7. The lowest BCUT2D eigenvalue weighted by molar-refractivity contribution is 0.0786. The van der Waals surface area contributed by atoms with Crippen LogP contribution >= 0.6 is 27.3 Å². The summed E-state index contributed by atoms with van der Waals surface area (Å²) < 4.78 is 14.8. The third kappa shape index (κ3) is 4.28. The summed E-state index contributed by atoms with van der Waals surface area (Å²) >= 11 is 5.20. The van der Waals surface area contributed by atoms with Crippen LogP contribution in [0.25, 0.3) is 21.5 Å². The highest BCUT2D eigenvalue weighted by atomic mass is 79.9. The summed E-state index contributed by atoms with van der Waals surface area (Å²) in [7, 11) is 0.536. The molecule has 0 spiro atoms. The van der Waals surface area contributed by atoms with Crippen LogP contribution in [0.15, 0.2) is 22.4 Å². The van der Waals surface area contributed by atoms with Gasteiger partial charge >= 0.3 is 0 Å². The lowest BCUT2D eigenvalue weighted by Gasteiger charge is -2.15. The Morgan fingerprint density at radius 3 is 2.84 bits per heavy atom. The minimum absolute atomic E-state index is 0.446. The van der Waals surface area contributed by atoms with Crippen molar-refractivity contribution >= 4 is 45.6 Å². The van der Waals surface area contributed by atoms with Crippen LogP contribution in [0, 0.1) is 0 Å². The number of pyridine rings is 1. The Hall–Kier alpha value is -1.29. The first-order valence-electron chi connectivity index (χ1n) is 7.96. The summed E-state index contributed by atoms with van der Waals surface area (Å²) in [4.78, 5) is 8.91. The largest absolute Gasteiger partial charge is 0.479 e. The zero-order valence-corrected chi connectivity index (χ0v) is 18.1. The quantitative estimate of drug-likeness (QED) is 0.395. The van der Waals surface area contributed by atoms with Gasteiger partial charge in [0, 0.05) is 26.4 Å². The van der Waals surface area contributed by atoms with Crippen LogP contribution < -0.4 is 4.74 Å². The van der Waals surface area contributed by atoms with E-state index < -0.39 is 8.07 Å². The molecule has 0 atom stereocenters. The second-order valence-electron chi connectivity index (χ2n) is 6.93. The third-order valence-electron chi connectivity index (χ3n) is 3.71. The summed E-state index contributed by atoms with van der Waals surface area (Å²) in [6.45, 7) is 8.24. The van der Waals surface area contributed by atoms with Gasteiger partial charge < -0.3 is 9.47 Å². The summed E-state index contributed by atoms with van der Waals surface area (Å²) in [5.41, 5.74) is 4.26. The molecular formula is C16H21BrN4O2SSi. The Morgan fingerprint density at radius 1 is 1.32 bits per heavy atom. The van der Waals surface area contributed by atoms with Gasteiger partial charge in [0.25, 0.3) is 0 Å². The molecule has 0 amide bonds. The van der Waals surface area contributed by atoms with E-state index in [1.165, 1.54) is 0 Å².